The third-order valence-corrected chi connectivity index (χ3v) is 3.91. The first-order chi connectivity index (χ1) is 12.6. The van der Waals surface area contributed by atoms with Gasteiger partial charge in [-0.3, -0.25) is 4.79 Å². The highest BCUT2D eigenvalue weighted by Gasteiger charge is 2.07. The number of anilines is 2. The summed E-state index contributed by atoms with van der Waals surface area (Å²) >= 11 is 0. The Balaban J connectivity index is 1.96. The number of ether oxygens (including phenoxy) is 1. The lowest BCUT2D eigenvalue weighted by atomic mass is 10.1. The summed E-state index contributed by atoms with van der Waals surface area (Å²) in [5.74, 6) is -0.458. The van der Waals surface area contributed by atoms with E-state index in [1.54, 1.807) is 13.1 Å². The first-order valence-corrected chi connectivity index (χ1v) is 8.54. The van der Waals surface area contributed by atoms with Crippen molar-refractivity contribution in [3.05, 3.63) is 65.7 Å². The Bertz CT molecular complexity index is 770. The van der Waals surface area contributed by atoms with Gasteiger partial charge in [0.05, 0.1) is 18.5 Å². The predicted octanol–water partition coefficient (Wildman–Crippen LogP) is 3.88. The normalized spacial score (nSPS) is 10.5. The number of carbonyl (C=O) groups is 2. The van der Waals surface area contributed by atoms with E-state index in [0.29, 0.717) is 12.1 Å². The van der Waals surface area contributed by atoms with Crippen LogP contribution in [0.3, 0.4) is 0 Å². The molecule has 0 fully saturated rings. The molecule has 2 rings (SSSR count). The number of hydrogen-bond acceptors (Lipinski definition) is 4. The number of methoxy groups -OCH3 is 1. The number of carbonyl (C=O) groups excluding carboxylic acids is 2. The molecule has 0 heterocycles. The number of amides is 1. The molecule has 5 nitrogen and oxygen atoms in total. The molecule has 26 heavy (non-hydrogen) atoms. The molecule has 0 saturated heterocycles. The van der Waals surface area contributed by atoms with E-state index in [-0.39, 0.29) is 5.91 Å². The second kappa shape index (κ2) is 10.0. The maximum atomic E-state index is 12.3. The van der Waals surface area contributed by atoms with Crippen molar-refractivity contribution in [1.82, 2.24) is 0 Å². The molecule has 2 aromatic carbocycles. The van der Waals surface area contributed by atoms with Crippen LogP contribution in [-0.2, 0) is 20.7 Å². The van der Waals surface area contributed by atoms with Gasteiger partial charge in [0, 0.05) is 19.5 Å². The van der Waals surface area contributed by atoms with E-state index in [4.69, 9.17) is 0 Å². The minimum atomic E-state index is -0.422. The van der Waals surface area contributed by atoms with Crippen LogP contribution in [0.1, 0.15) is 24.0 Å². The van der Waals surface area contributed by atoms with Crippen LogP contribution in [0.4, 0.5) is 11.4 Å². The maximum absolute atomic E-state index is 12.3. The summed E-state index contributed by atoms with van der Waals surface area (Å²) in [6.45, 7) is 0. The first kappa shape index (κ1) is 19.2. The highest BCUT2D eigenvalue weighted by Crippen LogP contribution is 2.24. The van der Waals surface area contributed by atoms with Gasteiger partial charge in [-0.05, 0) is 42.2 Å². The monoisotopic (exact) mass is 352 g/mol. The summed E-state index contributed by atoms with van der Waals surface area (Å²) in [5.41, 5.74) is 3.53. The molecule has 0 aliphatic heterocycles. The molecule has 0 saturated carbocycles. The molecular weight excluding hydrogens is 328 g/mol. The molecule has 0 spiro atoms. The Kier molecular flexibility index (Phi) is 7.43. The average Bonchev–Trinajstić information content (AvgIpc) is 2.67. The number of benzene rings is 2. The first-order valence-electron chi connectivity index (χ1n) is 8.54. The third kappa shape index (κ3) is 6.09. The van der Waals surface area contributed by atoms with Crippen molar-refractivity contribution in [3.8, 4) is 0 Å². The van der Waals surface area contributed by atoms with Gasteiger partial charge in [0.1, 0.15) is 0 Å². The summed E-state index contributed by atoms with van der Waals surface area (Å²) in [5, 5.41) is 5.99. The van der Waals surface area contributed by atoms with Crippen molar-refractivity contribution in [1.29, 1.82) is 0 Å². The van der Waals surface area contributed by atoms with E-state index in [0.717, 1.165) is 24.1 Å². The fourth-order valence-corrected chi connectivity index (χ4v) is 2.53. The van der Waals surface area contributed by atoms with Gasteiger partial charge in [0.2, 0.25) is 5.91 Å². The molecule has 0 aliphatic carbocycles. The average molecular weight is 352 g/mol. The molecule has 1 amide bonds. The van der Waals surface area contributed by atoms with Gasteiger partial charge in [-0.2, -0.15) is 0 Å². The van der Waals surface area contributed by atoms with Crippen molar-refractivity contribution >= 4 is 29.3 Å². The van der Waals surface area contributed by atoms with Crippen LogP contribution >= 0.6 is 0 Å². The fourth-order valence-electron chi connectivity index (χ4n) is 2.53. The molecule has 0 atom stereocenters. The van der Waals surface area contributed by atoms with Crippen LogP contribution < -0.4 is 10.6 Å². The van der Waals surface area contributed by atoms with Gasteiger partial charge in [0.25, 0.3) is 0 Å². The lowest BCUT2D eigenvalue weighted by Crippen LogP contribution is -2.13. The fraction of sp³-hybridized carbons (Fsp3) is 0.238. The van der Waals surface area contributed by atoms with E-state index in [9.17, 15) is 9.59 Å². The molecule has 0 radical (unpaired) electrons. The minimum absolute atomic E-state index is 0.0356. The zero-order valence-corrected chi connectivity index (χ0v) is 15.1. The molecule has 136 valence electrons. The van der Waals surface area contributed by atoms with Gasteiger partial charge >= 0.3 is 5.97 Å². The highest BCUT2D eigenvalue weighted by atomic mass is 16.5. The standard InChI is InChI=1S/C21H24N2O3/c1-22-18-13-11-17(12-14-21(25)26-2)15-19(18)23-20(24)10-6-9-16-7-4-3-5-8-16/h3-5,7-8,11-15,22H,6,9-10H2,1-2H3,(H,23,24)/b14-12+. The highest BCUT2D eigenvalue weighted by molar-refractivity contribution is 5.95. The van der Waals surface area contributed by atoms with Gasteiger partial charge < -0.3 is 15.4 Å². The third-order valence-electron chi connectivity index (χ3n) is 3.91. The van der Waals surface area contributed by atoms with E-state index in [2.05, 4.69) is 27.5 Å². The van der Waals surface area contributed by atoms with Crippen LogP contribution in [-0.4, -0.2) is 26.0 Å². The molecule has 0 bridgehead atoms. The second-order valence-electron chi connectivity index (χ2n) is 5.80. The van der Waals surface area contributed by atoms with E-state index in [1.165, 1.54) is 18.7 Å². The van der Waals surface area contributed by atoms with Crippen LogP contribution in [0.2, 0.25) is 0 Å². The summed E-state index contributed by atoms with van der Waals surface area (Å²) in [7, 11) is 3.13. The van der Waals surface area contributed by atoms with Crippen molar-refractivity contribution in [2.24, 2.45) is 0 Å². The van der Waals surface area contributed by atoms with Gasteiger partial charge in [-0.25, -0.2) is 4.79 Å². The summed E-state index contributed by atoms with van der Waals surface area (Å²) in [6, 6.07) is 15.6. The zero-order chi connectivity index (χ0) is 18.8. The van der Waals surface area contributed by atoms with E-state index >= 15 is 0 Å². The molecular formula is C21H24N2O3. The maximum Gasteiger partial charge on any atom is 0.330 e. The minimum Gasteiger partial charge on any atom is -0.466 e. The Morgan fingerprint density at radius 3 is 2.54 bits per heavy atom. The summed E-state index contributed by atoms with van der Waals surface area (Å²) in [4.78, 5) is 23.5. The van der Waals surface area contributed by atoms with E-state index < -0.39 is 5.97 Å². The van der Waals surface area contributed by atoms with Gasteiger partial charge in [-0.15, -0.1) is 0 Å². The van der Waals surface area contributed by atoms with Crippen LogP contribution in [0.15, 0.2) is 54.6 Å². The smallest absolute Gasteiger partial charge is 0.330 e. The molecule has 0 unspecified atom stereocenters. The van der Waals surface area contributed by atoms with Crippen molar-refractivity contribution in [3.63, 3.8) is 0 Å². The molecule has 0 aromatic heterocycles. The topological polar surface area (TPSA) is 67.4 Å². The van der Waals surface area contributed by atoms with Gasteiger partial charge in [0.15, 0.2) is 0 Å². The zero-order valence-electron chi connectivity index (χ0n) is 15.1. The molecule has 5 heteroatoms. The number of hydrogen-bond donors (Lipinski definition) is 2. The lowest BCUT2D eigenvalue weighted by molar-refractivity contribution is -0.134. The summed E-state index contributed by atoms with van der Waals surface area (Å²) in [6.07, 6.45) is 5.10. The Morgan fingerprint density at radius 1 is 1.08 bits per heavy atom. The van der Waals surface area contributed by atoms with Crippen LogP contribution in [0.5, 0.6) is 0 Å². The number of aryl methyl sites for hydroxylation is 1. The van der Waals surface area contributed by atoms with E-state index in [1.807, 2.05) is 36.4 Å². The Labute approximate surface area is 154 Å². The largest absolute Gasteiger partial charge is 0.466 e. The van der Waals surface area contributed by atoms with Crippen LogP contribution in [0, 0.1) is 0 Å². The Hall–Kier alpha value is -3.08. The summed E-state index contributed by atoms with van der Waals surface area (Å²) < 4.78 is 4.58. The lowest BCUT2D eigenvalue weighted by Gasteiger charge is -2.12. The van der Waals surface area contributed by atoms with Crippen molar-refractivity contribution in [2.75, 3.05) is 24.8 Å². The molecule has 2 N–H and O–H groups in total. The van der Waals surface area contributed by atoms with Crippen molar-refractivity contribution < 1.29 is 14.3 Å². The second-order valence-corrected chi connectivity index (χ2v) is 5.80. The SMILES string of the molecule is CNc1ccc(/C=C/C(=O)OC)cc1NC(=O)CCCc1ccccc1. The quantitative estimate of drug-likeness (QED) is 0.559. The van der Waals surface area contributed by atoms with Gasteiger partial charge in [-0.1, -0.05) is 36.4 Å². The number of nitrogens with one attached hydrogen (secondary N) is 2. The predicted molar refractivity (Wildman–Crippen MR) is 105 cm³/mol. The van der Waals surface area contributed by atoms with Crippen molar-refractivity contribution in [2.45, 2.75) is 19.3 Å². The molecule has 2 aromatic rings. The Morgan fingerprint density at radius 2 is 1.85 bits per heavy atom. The molecule has 0 aliphatic rings. The number of esters is 1. The number of rotatable bonds is 8. The van der Waals surface area contributed by atoms with Crippen LogP contribution in [0.25, 0.3) is 6.08 Å².